The topological polar surface area (TPSA) is 46.5 Å². The summed E-state index contributed by atoms with van der Waals surface area (Å²) in [6.07, 6.45) is 24.3. The van der Waals surface area contributed by atoms with Crippen LogP contribution in [0, 0.1) is 0 Å². The lowest BCUT2D eigenvalue weighted by Gasteiger charge is -2.03. The third kappa shape index (κ3) is 19.1. The van der Waals surface area contributed by atoms with Crippen molar-refractivity contribution in [1.82, 2.24) is 0 Å². The molecule has 0 aromatic carbocycles. The summed E-state index contributed by atoms with van der Waals surface area (Å²) in [5.41, 5.74) is 0. The Balaban J connectivity index is 3.05. The Bertz CT molecular complexity index is 274. The molecule has 136 valence electrons. The van der Waals surface area contributed by atoms with Gasteiger partial charge in [0, 0.05) is 6.08 Å². The first-order valence-electron chi connectivity index (χ1n) is 9.83. The molecule has 0 aliphatic rings. The lowest BCUT2D eigenvalue weighted by atomic mass is 10.0. The minimum atomic E-state index is -0.689. The van der Waals surface area contributed by atoms with E-state index in [9.17, 15) is 4.79 Å². The van der Waals surface area contributed by atoms with Crippen LogP contribution in [0.2, 0.25) is 0 Å². The highest BCUT2D eigenvalue weighted by Crippen LogP contribution is 2.13. The molecule has 0 saturated heterocycles. The van der Waals surface area contributed by atoms with Gasteiger partial charge in [0.2, 0.25) is 0 Å². The predicted molar refractivity (Wildman–Crippen MR) is 97.4 cm³/mol. The van der Waals surface area contributed by atoms with E-state index >= 15 is 0 Å². The van der Waals surface area contributed by atoms with Crippen molar-refractivity contribution >= 4 is 5.97 Å². The second kappa shape index (κ2) is 19.2. The van der Waals surface area contributed by atoms with Gasteiger partial charge in [-0.3, -0.25) is 4.89 Å². The summed E-state index contributed by atoms with van der Waals surface area (Å²) in [7, 11) is 0. The van der Waals surface area contributed by atoms with Gasteiger partial charge in [0.05, 0.1) is 0 Å². The van der Waals surface area contributed by atoms with Gasteiger partial charge in [-0.1, -0.05) is 103 Å². The molecular weight excluding hydrogens is 288 g/mol. The minimum absolute atomic E-state index is 0.689. The number of hydrogen-bond acceptors (Lipinski definition) is 3. The zero-order chi connectivity index (χ0) is 17.0. The zero-order valence-corrected chi connectivity index (χ0v) is 15.2. The average Bonchev–Trinajstić information content (AvgIpc) is 2.57. The third-order valence-corrected chi connectivity index (χ3v) is 4.32. The van der Waals surface area contributed by atoms with Gasteiger partial charge in [0.15, 0.2) is 0 Å². The molecule has 0 aromatic rings. The highest BCUT2D eigenvalue weighted by Gasteiger charge is 1.95. The number of carbonyl (C=O) groups is 1. The fourth-order valence-electron chi connectivity index (χ4n) is 2.84. The van der Waals surface area contributed by atoms with Crippen molar-refractivity contribution < 1.29 is 14.9 Å². The fourth-order valence-corrected chi connectivity index (χ4v) is 2.84. The highest BCUT2D eigenvalue weighted by atomic mass is 17.1. The molecule has 0 radical (unpaired) electrons. The Morgan fingerprint density at radius 2 is 1.13 bits per heavy atom. The molecule has 0 fully saturated rings. The molecule has 0 amide bonds. The first-order valence-corrected chi connectivity index (χ1v) is 9.83. The molecule has 1 N–H and O–H groups in total. The van der Waals surface area contributed by atoms with Crippen LogP contribution >= 0.6 is 0 Å². The van der Waals surface area contributed by atoms with Crippen LogP contribution in [-0.2, 0) is 9.68 Å². The van der Waals surface area contributed by atoms with Crippen LogP contribution in [0.4, 0.5) is 0 Å². The van der Waals surface area contributed by atoms with Gasteiger partial charge in [0.1, 0.15) is 0 Å². The summed E-state index contributed by atoms with van der Waals surface area (Å²) >= 11 is 0. The van der Waals surface area contributed by atoms with E-state index in [1.54, 1.807) is 6.08 Å². The summed E-state index contributed by atoms with van der Waals surface area (Å²) in [5.74, 6) is -0.689. The number of unbranched alkanes of at least 4 members (excludes halogenated alkanes) is 15. The van der Waals surface area contributed by atoms with Gasteiger partial charge in [0.25, 0.3) is 0 Å². The molecule has 3 heteroatoms. The van der Waals surface area contributed by atoms with Crippen LogP contribution < -0.4 is 0 Å². The zero-order valence-electron chi connectivity index (χ0n) is 15.2. The summed E-state index contributed by atoms with van der Waals surface area (Å²) in [4.78, 5) is 14.2. The van der Waals surface area contributed by atoms with E-state index in [0.29, 0.717) is 0 Å². The van der Waals surface area contributed by atoms with Crippen molar-refractivity contribution in [3.63, 3.8) is 0 Å². The van der Waals surface area contributed by atoms with Crippen molar-refractivity contribution in [2.24, 2.45) is 0 Å². The molecule has 0 atom stereocenters. The fraction of sp³-hybridized carbons (Fsp3) is 0.850. The van der Waals surface area contributed by atoms with Crippen molar-refractivity contribution in [3.05, 3.63) is 12.2 Å². The molecule has 0 spiro atoms. The molecular formula is C20H38O3. The molecule has 0 aliphatic carbocycles. The summed E-state index contributed by atoms with van der Waals surface area (Å²) < 4.78 is 0. The van der Waals surface area contributed by atoms with Gasteiger partial charge in [-0.25, -0.2) is 4.79 Å². The van der Waals surface area contributed by atoms with Crippen molar-refractivity contribution in [2.75, 3.05) is 0 Å². The third-order valence-electron chi connectivity index (χ3n) is 4.32. The van der Waals surface area contributed by atoms with Crippen molar-refractivity contribution in [3.8, 4) is 0 Å². The Morgan fingerprint density at radius 1 is 0.739 bits per heavy atom. The van der Waals surface area contributed by atoms with E-state index in [0.717, 1.165) is 12.8 Å². The molecule has 0 bridgehead atoms. The summed E-state index contributed by atoms with van der Waals surface area (Å²) in [6.45, 7) is 2.27. The largest absolute Gasteiger partial charge is 0.365 e. The maximum absolute atomic E-state index is 10.6. The van der Waals surface area contributed by atoms with Crippen LogP contribution in [0.3, 0.4) is 0 Å². The molecule has 0 aromatic heterocycles. The monoisotopic (exact) mass is 326 g/mol. The number of carbonyl (C=O) groups excluding carboxylic acids is 1. The summed E-state index contributed by atoms with van der Waals surface area (Å²) in [5, 5.41) is 8.07. The van der Waals surface area contributed by atoms with Crippen LogP contribution in [0.15, 0.2) is 12.2 Å². The average molecular weight is 327 g/mol. The van der Waals surface area contributed by atoms with Gasteiger partial charge in [-0.05, 0) is 12.8 Å². The van der Waals surface area contributed by atoms with Gasteiger partial charge in [-0.2, -0.15) is 5.26 Å². The minimum Gasteiger partial charge on any atom is -0.296 e. The SMILES string of the molecule is CCCCCCCCCCCCCCCCCC=CC(=O)OO. The second-order valence-corrected chi connectivity index (χ2v) is 6.55. The quantitative estimate of drug-likeness (QED) is 0.138. The Kier molecular flexibility index (Phi) is 18.5. The number of rotatable bonds is 17. The maximum atomic E-state index is 10.6. The maximum Gasteiger partial charge on any atom is 0.365 e. The van der Waals surface area contributed by atoms with E-state index in [-0.39, 0.29) is 0 Å². The first kappa shape index (κ1) is 22.2. The van der Waals surface area contributed by atoms with Crippen molar-refractivity contribution in [1.29, 1.82) is 0 Å². The molecule has 3 nitrogen and oxygen atoms in total. The van der Waals surface area contributed by atoms with E-state index in [1.165, 1.54) is 96.0 Å². The Hall–Kier alpha value is -0.830. The van der Waals surface area contributed by atoms with Crippen LogP contribution in [-0.4, -0.2) is 11.2 Å². The Labute approximate surface area is 143 Å². The van der Waals surface area contributed by atoms with Gasteiger partial charge >= 0.3 is 5.97 Å². The number of hydrogen-bond donors (Lipinski definition) is 1. The molecule has 23 heavy (non-hydrogen) atoms. The molecule has 0 heterocycles. The smallest absolute Gasteiger partial charge is 0.296 e. The molecule has 0 aliphatic heterocycles. The molecule has 0 saturated carbocycles. The molecule has 0 unspecified atom stereocenters. The van der Waals surface area contributed by atoms with E-state index < -0.39 is 5.97 Å². The van der Waals surface area contributed by atoms with Crippen LogP contribution in [0.1, 0.15) is 110 Å². The number of allylic oxidation sites excluding steroid dienone is 1. The standard InChI is InChI=1S/C20H38O3/c1-2-3-4-5-6-7-8-9-10-11-12-13-14-15-16-17-18-19-20(21)23-22/h18-19,22H,2-17H2,1H3. The van der Waals surface area contributed by atoms with E-state index in [1.807, 2.05) is 0 Å². The van der Waals surface area contributed by atoms with Crippen LogP contribution in [0.5, 0.6) is 0 Å². The first-order chi connectivity index (χ1) is 11.3. The van der Waals surface area contributed by atoms with Crippen LogP contribution in [0.25, 0.3) is 0 Å². The van der Waals surface area contributed by atoms with E-state index in [2.05, 4.69) is 11.8 Å². The molecule has 0 rings (SSSR count). The lowest BCUT2D eigenvalue weighted by molar-refractivity contribution is -0.228. The lowest BCUT2D eigenvalue weighted by Crippen LogP contribution is -1.93. The second-order valence-electron chi connectivity index (χ2n) is 6.55. The highest BCUT2D eigenvalue weighted by molar-refractivity contribution is 5.81. The van der Waals surface area contributed by atoms with Gasteiger partial charge in [-0.15, -0.1) is 0 Å². The van der Waals surface area contributed by atoms with Crippen molar-refractivity contribution in [2.45, 2.75) is 110 Å². The Morgan fingerprint density at radius 3 is 1.52 bits per heavy atom. The summed E-state index contributed by atoms with van der Waals surface area (Å²) in [6, 6.07) is 0. The predicted octanol–water partition coefficient (Wildman–Crippen LogP) is 6.82. The van der Waals surface area contributed by atoms with Gasteiger partial charge < -0.3 is 0 Å². The normalized spacial score (nSPS) is 11.2. The van der Waals surface area contributed by atoms with E-state index in [4.69, 9.17) is 5.26 Å².